The highest BCUT2D eigenvalue weighted by Crippen LogP contribution is 2.28. The van der Waals surface area contributed by atoms with Gasteiger partial charge in [-0.05, 0) is 29.3 Å². The molecular formula is C14H10O3. The third-order valence-electron chi connectivity index (χ3n) is 2.72. The molecule has 17 heavy (non-hydrogen) atoms. The maximum absolute atomic E-state index is 11.8. The maximum Gasteiger partial charge on any atom is 0.339 e. The van der Waals surface area contributed by atoms with Gasteiger partial charge in [0.15, 0.2) is 0 Å². The molecule has 0 amide bonds. The molecule has 1 aromatic carbocycles. The summed E-state index contributed by atoms with van der Waals surface area (Å²) in [5.74, 6) is 0.341. The molecule has 0 bridgehead atoms. The number of hydrogen-bond acceptors (Lipinski definition) is 3. The van der Waals surface area contributed by atoms with E-state index in [9.17, 15) is 4.79 Å². The molecule has 0 aliphatic carbocycles. The Morgan fingerprint density at radius 2 is 2.00 bits per heavy atom. The fourth-order valence-corrected chi connectivity index (χ4v) is 1.89. The number of hydrogen-bond donors (Lipinski definition) is 0. The van der Waals surface area contributed by atoms with Crippen LogP contribution in [0.5, 0.6) is 0 Å². The molecule has 0 N–H and O–H groups in total. The molecular weight excluding hydrogens is 216 g/mol. The average molecular weight is 226 g/mol. The van der Waals surface area contributed by atoms with Crippen molar-refractivity contribution < 1.29 is 13.9 Å². The summed E-state index contributed by atoms with van der Waals surface area (Å²) in [6.07, 6.45) is 3.28. The number of benzene rings is 1. The van der Waals surface area contributed by atoms with Crippen LogP contribution < -0.4 is 0 Å². The fraction of sp³-hybridized carbons (Fsp3) is 0.0714. The molecule has 0 atom stereocenters. The van der Waals surface area contributed by atoms with Crippen molar-refractivity contribution in [1.29, 1.82) is 0 Å². The van der Waals surface area contributed by atoms with E-state index in [4.69, 9.17) is 9.15 Å². The lowest BCUT2D eigenvalue weighted by atomic mass is 9.97. The summed E-state index contributed by atoms with van der Waals surface area (Å²) in [6.45, 7) is 0.338. The minimum Gasteiger partial charge on any atom is -0.465 e. The van der Waals surface area contributed by atoms with Gasteiger partial charge in [0.2, 0.25) is 0 Å². The smallest absolute Gasteiger partial charge is 0.339 e. The molecule has 3 rings (SSSR count). The average Bonchev–Trinajstić information content (AvgIpc) is 2.86. The van der Waals surface area contributed by atoms with Crippen LogP contribution in [0, 0.1) is 0 Å². The minimum absolute atomic E-state index is 0.305. The molecule has 3 nitrogen and oxygen atoms in total. The number of esters is 1. The van der Waals surface area contributed by atoms with Crippen molar-refractivity contribution in [3.8, 4) is 0 Å². The summed E-state index contributed by atoms with van der Waals surface area (Å²) in [6, 6.07) is 11.3. The van der Waals surface area contributed by atoms with Crippen molar-refractivity contribution in [2.24, 2.45) is 0 Å². The molecule has 0 spiro atoms. The summed E-state index contributed by atoms with van der Waals surface area (Å²) in [5.41, 5.74) is 2.48. The molecule has 1 aliphatic rings. The molecule has 0 radical (unpaired) electrons. The number of fused-ring (bicyclic) bond motifs is 1. The van der Waals surface area contributed by atoms with Crippen LogP contribution in [0.3, 0.4) is 0 Å². The zero-order valence-corrected chi connectivity index (χ0v) is 9.05. The van der Waals surface area contributed by atoms with E-state index < -0.39 is 0 Å². The fourth-order valence-electron chi connectivity index (χ4n) is 1.89. The van der Waals surface area contributed by atoms with Crippen LogP contribution in [-0.2, 0) is 16.1 Å². The van der Waals surface area contributed by atoms with E-state index in [0.717, 1.165) is 11.1 Å². The third kappa shape index (κ3) is 1.76. The highest BCUT2D eigenvalue weighted by atomic mass is 16.5. The summed E-state index contributed by atoms with van der Waals surface area (Å²) >= 11 is 0. The Hall–Kier alpha value is -2.29. The second kappa shape index (κ2) is 3.94. The first kappa shape index (κ1) is 9.90. The maximum atomic E-state index is 11.8. The van der Waals surface area contributed by atoms with Gasteiger partial charge in [0.25, 0.3) is 0 Å². The van der Waals surface area contributed by atoms with Crippen LogP contribution in [0.2, 0.25) is 0 Å². The van der Waals surface area contributed by atoms with Gasteiger partial charge in [-0.2, -0.15) is 0 Å². The largest absolute Gasteiger partial charge is 0.465 e. The topological polar surface area (TPSA) is 39.4 Å². The van der Waals surface area contributed by atoms with Crippen molar-refractivity contribution in [1.82, 2.24) is 0 Å². The first-order valence-corrected chi connectivity index (χ1v) is 5.35. The predicted octanol–water partition coefficient (Wildman–Crippen LogP) is 2.88. The quantitative estimate of drug-likeness (QED) is 0.554. The highest BCUT2D eigenvalue weighted by molar-refractivity contribution is 6.22. The van der Waals surface area contributed by atoms with Gasteiger partial charge in [0, 0.05) is 0 Å². The lowest BCUT2D eigenvalue weighted by Gasteiger charge is -2.18. The first-order chi connectivity index (χ1) is 8.34. The number of carbonyl (C=O) groups is 1. The summed E-state index contributed by atoms with van der Waals surface area (Å²) < 4.78 is 10.3. The standard InChI is InChI=1S/C14H10O3/c15-14-13(8-11-5-3-7-16-11)12-6-2-1-4-10(12)9-17-14/h1-8H,9H2/b13-8-. The normalized spacial score (nSPS) is 16.7. The Morgan fingerprint density at radius 3 is 2.82 bits per heavy atom. The van der Waals surface area contributed by atoms with E-state index in [1.165, 1.54) is 0 Å². The predicted molar refractivity (Wildman–Crippen MR) is 62.8 cm³/mol. The molecule has 0 saturated heterocycles. The Bertz CT molecular complexity index is 579. The van der Waals surface area contributed by atoms with Crippen molar-refractivity contribution in [3.05, 3.63) is 59.5 Å². The number of carbonyl (C=O) groups excluding carboxylic acids is 1. The van der Waals surface area contributed by atoms with Crippen LogP contribution in [0.15, 0.2) is 47.1 Å². The van der Waals surface area contributed by atoms with Crippen molar-refractivity contribution in [2.45, 2.75) is 6.61 Å². The van der Waals surface area contributed by atoms with Gasteiger partial charge >= 0.3 is 5.97 Å². The molecule has 2 aromatic rings. The Kier molecular flexibility index (Phi) is 2.29. The summed E-state index contributed by atoms with van der Waals surface area (Å²) in [4.78, 5) is 11.8. The SMILES string of the molecule is O=C1OCc2ccccc2/C1=C/c1ccco1. The van der Waals surface area contributed by atoms with Gasteiger partial charge in [-0.3, -0.25) is 0 Å². The van der Waals surface area contributed by atoms with E-state index in [0.29, 0.717) is 17.9 Å². The van der Waals surface area contributed by atoms with E-state index >= 15 is 0 Å². The molecule has 0 fully saturated rings. The lowest BCUT2D eigenvalue weighted by Crippen LogP contribution is -2.15. The number of rotatable bonds is 1. The van der Waals surface area contributed by atoms with Crippen LogP contribution in [-0.4, -0.2) is 5.97 Å². The first-order valence-electron chi connectivity index (χ1n) is 5.35. The highest BCUT2D eigenvalue weighted by Gasteiger charge is 2.22. The van der Waals surface area contributed by atoms with Crippen molar-refractivity contribution >= 4 is 17.6 Å². The third-order valence-corrected chi connectivity index (χ3v) is 2.72. The van der Waals surface area contributed by atoms with Gasteiger partial charge < -0.3 is 9.15 Å². The van der Waals surface area contributed by atoms with Crippen LogP contribution >= 0.6 is 0 Å². The van der Waals surface area contributed by atoms with E-state index in [1.54, 1.807) is 24.5 Å². The molecule has 2 heterocycles. The summed E-state index contributed by atoms with van der Waals surface area (Å²) in [7, 11) is 0. The molecule has 1 aromatic heterocycles. The monoisotopic (exact) mass is 226 g/mol. The van der Waals surface area contributed by atoms with Crippen LogP contribution in [0.1, 0.15) is 16.9 Å². The van der Waals surface area contributed by atoms with Gasteiger partial charge in [-0.25, -0.2) is 4.79 Å². The number of ether oxygens (including phenoxy) is 1. The zero-order chi connectivity index (χ0) is 11.7. The second-order valence-corrected chi connectivity index (χ2v) is 3.81. The van der Waals surface area contributed by atoms with Crippen molar-refractivity contribution in [3.63, 3.8) is 0 Å². The zero-order valence-electron chi connectivity index (χ0n) is 9.05. The lowest BCUT2D eigenvalue weighted by molar-refractivity contribution is -0.138. The Labute approximate surface area is 98.3 Å². The Balaban J connectivity index is 2.13. The molecule has 84 valence electrons. The van der Waals surface area contributed by atoms with E-state index in [2.05, 4.69) is 0 Å². The van der Waals surface area contributed by atoms with Crippen LogP contribution in [0.4, 0.5) is 0 Å². The van der Waals surface area contributed by atoms with Crippen molar-refractivity contribution in [2.75, 3.05) is 0 Å². The molecule has 0 saturated carbocycles. The second-order valence-electron chi connectivity index (χ2n) is 3.81. The van der Waals surface area contributed by atoms with Gasteiger partial charge in [0.05, 0.1) is 11.8 Å². The van der Waals surface area contributed by atoms with Gasteiger partial charge in [-0.1, -0.05) is 24.3 Å². The summed E-state index contributed by atoms with van der Waals surface area (Å²) in [5, 5.41) is 0. The minimum atomic E-state index is -0.305. The van der Waals surface area contributed by atoms with E-state index in [-0.39, 0.29) is 5.97 Å². The number of cyclic esters (lactones) is 1. The van der Waals surface area contributed by atoms with Gasteiger partial charge in [0.1, 0.15) is 12.4 Å². The number of furan rings is 1. The molecule has 3 heteroatoms. The molecule has 0 unspecified atom stereocenters. The van der Waals surface area contributed by atoms with Gasteiger partial charge in [-0.15, -0.1) is 0 Å². The van der Waals surface area contributed by atoms with E-state index in [1.807, 2.05) is 24.3 Å². The van der Waals surface area contributed by atoms with Crippen LogP contribution in [0.25, 0.3) is 11.6 Å². The molecule has 1 aliphatic heterocycles. The Morgan fingerprint density at radius 1 is 1.12 bits per heavy atom.